The first-order valence-corrected chi connectivity index (χ1v) is 8.12. The third kappa shape index (κ3) is 2.57. The topological polar surface area (TPSA) is 93.3 Å². The highest BCUT2D eigenvalue weighted by atomic mass is 16.5. The molecule has 0 spiro atoms. The van der Waals surface area contributed by atoms with E-state index in [0.717, 1.165) is 24.3 Å². The van der Waals surface area contributed by atoms with Gasteiger partial charge in [0, 0.05) is 31.3 Å². The van der Waals surface area contributed by atoms with Crippen LogP contribution in [0.4, 0.5) is 5.69 Å². The second-order valence-electron chi connectivity index (χ2n) is 6.58. The predicted octanol–water partition coefficient (Wildman–Crippen LogP) is 1.21. The Morgan fingerprint density at radius 1 is 1.42 bits per heavy atom. The van der Waals surface area contributed by atoms with Gasteiger partial charge in [0.2, 0.25) is 5.91 Å². The molecule has 0 unspecified atom stereocenters. The average Bonchev–Trinajstić information content (AvgIpc) is 2.99. The maximum Gasteiger partial charge on any atom is 0.274 e. The number of anilines is 1. The van der Waals surface area contributed by atoms with Crippen LogP contribution in [0.3, 0.4) is 0 Å². The number of nitrogens with one attached hydrogen (secondary N) is 1. The van der Waals surface area contributed by atoms with Crippen LogP contribution in [-0.2, 0) is 11.8 Å². The lowest BCUT2D eigenvalue weighted by atomic mass is 10.2. The van der Waals surface area contributed by atoms with Gasteiger partial charge < -0.3 is 14.7 Å². The molecule has 2 atom stereocenters. The number of aryl methyl sites for hydroxylation is 1. The molecule has 0 aromatic carbocycles. The van der Waals surface area contributed by atoms with Gasteiger partial charge in [0.25, 0.3) is 5.91 Å². The smallest absolute Gasteiger partial charge is 0.274 e. The van der Waals surface area contributed by atoms with Crippen LogP contribution in [-0.4, -0.2) is 38.8 Å². The molecule has 126 valence electrons. The fourth-order valence-electron chi connectivity index (χ4n) is 3.16. The number of amides is 2. The second-order valence-corrected chi connectivity index (χ2v) is 6.58. The predicted molar refractivity (Wildman–Crippen MR) is 84.5 cm³/mol. The third-order valence-electron chi connectivity index (χ3n) is 4.57. The molecule has 8 nitrogen and oxygen atoms in total. The van der Waals surface area contributed by atoms with E-state index in [1.165, 1.54) is 0 Å². The van der Waals surface area contributed by atoms with Crippen molar-refractivity contribution in [2.45, 2.75) is 44.2 Å². The van der Waals surface area contributed by atoms with Gasteiger partial charge in [-0.15, -0.1) is 0 Å². The molecular formula is C16H19N5O3. The van der Waals surface area contributed by atoms with Crippen molar-refractivity contribution in [2.75, 3.05) is 4.90 Å². The van der Waals surface area contributed by atoms with Crippen molar-refractivity contribution in [1.29, 1.82) is 0 Å². The van der Waals surface area contributed by atoms with Gasteiger partial charge in [0.15, 0.2) is 5.69 Å². The van der Waals surface area contributed by atoms with E-state index < -0.39 is 6.04 Å². The van der Waals surface area contributed by atoms with Crippen molar-refractivity contribution in [3.63, 3.8) is 0 Å². The van der Waals surface area contributed by atoms with Crippen LogP contribution in [0.2, 0.25) is 0 Å². The van der Waals surface area contributed by atoms with Crippen molar-refractivity contribution >= 4 is 17.5 Å². The maximum atomic E-state index is 12.6. The Morgan fingerprint density at radius 3 is 2.88 bits per heavy atom. The lowest BCUT2D eigenvalue weighted by Crippen LogP contribution is -2.42. The Kier molecular flexibility index (Phi) is 3.40. The first-order chi connectivity index (χ1) is 11.5. The van der Waals surface area contributed by atoms with Gasteiger partial charge in [-0.3, -0.25) is 14.3 Å². The summed E-state index contributed by atoms with van der Waals surface area (Å²) in [5.41, 5.74) is 0.974. The molecule has 1 saturated carbocycles. The molecular weight excluding hydrogens is 310 g/mol. The second kappa shape index (κ2) is 5.47. The molecule has 2 aromatic heterocycles. The first-order valence-electron chi connectivity index (χ1n) is 8.12. The zero-order valence-electron chi connectivity index (χ0n) is 13.6. The van der Waals surface area contributed by atoms with Gasteiger partial charge in [0.05, 0.1) is 11.9 Å². The molecule has 3 heterocycles. The zero-order chi connectivity index (χ0) is 16.8. The standard InChI is InChI=1S/C16H19N5O3/c1-9-5-13(16(23)21(9)11-7-17-20(2)8-11)18-15(22)12-6-14(24-19-12)10-3-4-10/h6-10,13H,3-5H2,1-2H3,(H,18,22)/t9-,13-/m0/s1. The van der Waals surface area contributed by atoms with E-state index in [-0.39, 0.29) is 23.6 Å². The highest BCUT2D eigenvalue weighted by molar-refractivity contribution is 6.03. The van der Waals surface area contributed by atoms with Crippen LogP contribution in [0.25, 0.3) is 0 Å². The first kappa shape index (κ1) is 14.9. The number of hydrogen-bond donors (Lipinski definition) is 1. The fraction of sp³-hybridized carbons (Fsp3) is 0.500. The van der Waals surface area contributed by atoms with E-state index in [0.29, 0.717) is 12.3 Å². The quantitative estimate of drug-likeness (QED) is 0.910. The molecule has 1 aliphatic carbocycles. The molecule has 2 amide bonds. The summed E-state index contributed by atoms with van der Waals surface area (Å²) in [6.45, 7) is 1.96. The minimum atomic E-state index is -0.561. The van der Waals surface area contributed by atoms with E-state index in [9.17, 15) is 9.59 Å². The van der Waals surface area contributed by atoms with Crippen molar-refractivity contribution in [2.24, 2.45) is 7.05 Å². The number of aromatic nitrogens is 3. The minimum absolute atomic E-state index is 0.00802. The molecule has 0 bridgehead atoms. The van der Waals surface area contributed by atoms with Gasteiger partial charge in [0.1, 0.15) is 11.8 Å². The fourth-order valence-corrected chi connectivity index (χ4v) is 3.16. The Hall–Kier alpha value is -2.64. The van der Waals surface area contributed by atoms with E-state index in [2.05, 4.69) is 15.6 Å². The SMILES string of the molecule is C[C@H]1C[C@H](NC(=O)c2cc(C3CC3)on2)C(=O)N1c1cnn(C)c1. The van der Waals surface area contributed by atoms with Gasteiger partial charge >= 0.3 is 0 Å². The van der Waals surface area contributed by atoms with Crippen LogP contribution < -0.4 is 10.2 Å². The van der Waals surface area contributed by atoms with E-state index in [1.807, 2.05) is 6.92 Å². The zero-order valence-corrected chi connectivity index (χ0v) is 13.6. The van der Waals surface area contributed by atoms with Gasteiger partial charge in [-0.25, -0.2) is 0 Å². The monoisotopic (exact) mass is 329 g/mol. The molecule has 2 aromatic rings. The van der Waals surface area contributed by atoms with E-state index in [1.54, 1.807) is 35.1 Å². The van der Waals surface area contributed by atoms with Gasteiger partial charge in [-0.2, -0.15) is 5.10 Å². The van der Waals surface area contributed by atoms with Crippen molar-refractivity contribution in [3.05, 3.63) is 29.9 Å². The normalized spacial score (nSPS) is 23.8. The summed E-state index contributed by atoms with van der Waals surface area (Å²) in [5, 5.41) is 10.7. The molecule has 2 fully saturated rings. The van der Waals surface area contributed by atoms with Crippen LogP contribution in [0.1, 0.15) is 48.4 Å². The molecule has 1 aliphatic heterocycles. The van der Waals surface area contributed by atoms with E-state index in [4.69, 9.17) is 4.52 Å². The molecule has 1 saturated heterocycles. The summed E-state index contributed by atoms with van der Waals surface area (Å²) < 4.78 is 6.85. The summed E-state index contributed by atoms with van der Waals surface area (Å²) in [5.74, 6) is 0.649. The van der Waals surface area contributed by atoms with Gasteiger partial charge in [-0.1, -0.05) is 5.16 Å². The minimum Gasteiger partial charge on any atom is -0.360 e. The van der Waals surface area contributed by atoms with Crippen LogP contribution in [0.5, 0.6) is 0 Å². The van der Waals surface area contributed by atoms with Crippen molar-refractivity contribution in [3.8, 4) is 0 Å². The number of hydrogen-bond acceptors (Lipinski definition) is 5. The molecule has 8 heteroatoms. The van der Waals surface area contributed by atoms with Crippen LogP contribution >= 0.6 is 0 Å². The Bertz CT molecular complexity index is 791. The van der Waals surface area contributed by atoms with Crippen molar-refractivity contribution < 1.29 is 14.1 Å². The number of rotatable bonds is 4. The number of carbonyl (C=O) groups is 2. The lowest BCUT2D eigenvalue weighted by molar-refractivity contribution is -0.118. The largest absolute Gasteiger partial charge is 0.360 e. The van der Waals surface area contributed by atoms with E-state index >= 15 is 0 Å². The molecule has 4 rings (SSSR count). The van der Waals surface area contributed by atoms with Gasteiger partial charge in [-0.05, 0) is 26.2 Å². The number of nitrogens with zero attached hydrogens (tertiary/aromatic N) is 4. The summed E-state index contributed by atoms with van der Waals surface area (Å²) in [6.07, 6.45) is 6.15. The third-order valence-corrected chi connectivity index (χ3v) is 4.57. The average molecular weight is 329 g/mol. The van der Waals surface area contributed by atoms with Crippen molar-refractivity contribution in [1.82, 2.24) is 20.3 Å². The molecule has 1 N–H and O–H groups in total. The summed E-state index contributed by atoms with van der Waals surface area (Å²) in [4.78, 5) is 26.7. The summed E-state index contributed by atoms with van der Waals surface area (Å²) >= 11 is 0. The lowest BCUT2D eigenvalue weighted by Gasteiger charge is -2.19. The summed E-state index contributed by atoms with van der Waals surface area (Å²) in [6, 6.07) is 1.11. The van der Waals surface area contributed by atoms with Crippen LogP contribution in [0, 0.1) is 0 Å². The molecule has 2 aliphatic rings. The molecule has 0 radical (unpaired) electrons. The Balaban J connectivity index is 1.46. The maximum absolute atomic E-state index is 12.6. The Morgan fingerprint density at radius 2 is 2.21 bits per heavy atom. The highest BCUT2D eigenvalue weighted by Crippen LogP contribution is 2.40. The van der Waals surface area contributed by atoms with Crippen LogP contribution in [0.15, 0.2) is 23.0 Å². The number of carbonyl (C=O) groups excluding carboxylic acids is 2. The highest BCUT2D eigenvalue weighted by Gasteiger charge is 2.40. The Labute approximate surface area is 138 Å². The molecule has 24 heavy (non-hydrogen) atoms. The summed E-state index contributed by atoms with van der Waals surface area (Å²) in [7, 11) is 1.80.